The van der Waals surface area contributed by atoms with Crippen molar-refractivity contribution in [3.8, 4) is 5.75 Å². The predicted molar refractivity (Wildman–Crippen MR) is 130 cm³/mol. The van der Waals surface area contributed by atoms with Gasteiger partial charge < -0.3 is 19.5 Å². The molecule has 1 heterocycles. The lowest BCUT2D eigenvalue weighted by Gasteiger charge is -2.44. The maximum Gasteiger partial charge on any atom is 0.416 e. The molecule has 3 aromatic carbocycles. The molecule has 0 bridgehead atoms. The molecule has 39 heavy (non-hydrogen) atoms. The molecule has 3 aromatic rings. The van der Waals surface area contributed by atoms with Gasteiger partial charge in [-0.1, -0.05) is 12.1 Å². The quantitative estimate of drug-likeness (QED) is 0.300. The summed E-state index contributed by atoms with van der Waals surface area (Å²) < 4.78 is 111. The summed E-state index contributed by atoms with van der Waals surface area (Å²) in [7, 11) is 1.43. The molecule has 0 spiro atoms. The van der Waals surface area contributed by atoms with Crippen LogP contribution in [0.25, 0.3) is 0 Å². The Balaban J connectivity index is 1.58. The first kappa shape index (κ1) is 28.7. The highest BCUT2D eigenvalue weighted by atomic mass is 19.4. The number of hydrogen-bond acceptors (Lipinski definition) is 4. The fraction of sp³-hybridized carbons (Fsp3) is 0.357. The molecule has 0 aromatic heterocycles. The van der Waals surface area contributed by atoms with Crippen LogP contribution >= 0.6 is 0 Å². The van der Waals surface area contributed by atoms with Crippen molar-refractivity contribution in [2.24, 2.45) is 0 Å². The number of nitrogens with one attached hydrogen (secondary N) is 1. The van der Waals surface area contributed by atoms with Gasteiger partial charge in [0.1, 0.15) is 29.4 Å². The lowest BCUT2D eigenvalue weighted by molar-refractivity contribution is -0.159. The monoisotopic (exact) mass is 557 g/mol. The van der Waals surface area contributed by atoms with Gasteiger partial charge in [-0.05, 0) is 73.5 Å². The zero-order valence-electron chi connectivity index (χ0n) is 21.2. The smallest absolute Gasteiger partial charge is 0.416 e. The lowest BCUT2D eigenvalue weighted by atomic mass is 9.87. The third-order valence-corrected chi connectivity index (χ3v) is 6.39. The molecule has 1 aliphatic heterocycles. The zero-order chi connectivity index (χ0) is 28.6. The van der Waals surface area contributed by atoms with Crippen molar-refractivity contribution in [1.82, 2.24) is 0 Å². The van der Waals surface area contributed by atoms with Crippen molar-refractivity contribution in [2.45, 2.75) is 57.2 Å². The normalized spacial score (nSPS) is 18.8. The van der Waals surface area contributed by atoms with Crippen LogP contribution in [0, 0.1) is 5.82 Å². The first-order valence-electron chi connectivity index (χ1n) is 11.9. The summed E-state index contributed by atoms with van der Waals surface area (Å²) in [6, 6.07) is 12.6. The van der Waals surface area contributed by atoms with Gasteiger partial charge in [0.05, 0.1) is 17.7 Å². The van der Waals surface area contributed by atoms with E-state index in [0.29, 0.717) is 35.7 Å². The number of benzene rings is 3. The van der Waals surface area contributed by atoms with Gasteiger partial charge in [0.25, 0.3) is 0 Å². The third-order valence-electron chi connectivity index (χ3n) is 6.39. The molecule has 0 radical (unpaired) electrons. The van der Waals surface area contributed by atoms with Crippen molar-refractivity contribution in [3.63, 3.8) is 0 Å². The summed E-state index contributed by atoms with van der Waals surface area (Å²) in [5, 5.41) is 3.22. The van der Waals surface area contributed by atoms with Crippen LogP contribution in [0.2, 0.25) is 0 Å². The fourth-order valence-electron chi connectivity index (χ4n) is 4.48. The highest BCUT2D eigenvalue weighted by Gasteiger charge is 2.45. The number of rotatable bonds is 7. The summed E-state index contributed by atoms with van der Waals surface area (Å²) in [6.07, 6.45) is -11.6. The van der Waals surface area contributed by atoms with E-state index >= 15 is 0 Å². The second kappa shape index (κ2) is 10.7. The minimum atomic E-state index is -4.96. The summed E-state index contributed by atoms with van der Waals surface area (Å²) in [4.78, 5) is 0. The van der Waals surface area contributed by atoms with E-state index < -0.39 is 47.9 Å². The van der Waals surface area contributed by atoms with Gasteiger partial charge in [-0.2, -0.15) is 26.3 Å². The Kier molecular flexibility index (Phi) is 7.86. The topological polar surface area (TPSA) is 39.7 Å². The first-order chi connectivity index (χ1) is 18.2. The van der Waals surface area contributed by atoms with Crippen molar-refractivity contribution in [1.29, 1.82) is 0 Å². The molecule has 2 unspecified atom stereocenters. The number of anilines is 1. The van der Waals surface area contributed by atoms with E-state index in [1.54, 1.807) is 44.2 Å². The van der Waals surface area contributed by atoms with Crippen LogP contribution in [-0.4, -0.2) is 18.8 Å². The molecule has 1 aliphatic rings. The minimum absolute atomic E-state index is 0.0752. The molecule has 0 aliphatic carbocycles. The molecule has 2 atom stereocenters. The number of alkyl halides is 6. The Morgan fingerprint density at radius 2 is 1.46 bits per heavy atom. The van der Waals surface area contributed by atoms with Crippen molar-refractivity contribution >= 4 is 5.69 Å². The zero-order valence-corrected chi connectivity index (χ0v) is 21.2. The van der Waals surface area contributed by atoms with Crippen LogP contribution in [0.5, 0.6) is 5.75 Å². The maximum atomic E-state index is 13.3. The van der Waals surface area contributed by atoms with Gasteiger partial charge in [-0.15, -0.1) is 0 Å². The minimum Gasteiger partial charge on any atom is -0.485 e. The molecule has 4 nitrogen and oxygen atoms in total. The standard InChI is InChI=1S/C28H26F7NO3/c1-26(2)25(38-15-17-10-18(27(30,31)32)12-19(11-17)28(33,34)35)24(37-3)22-13-21(8-9-23(22)39-26)36-14-16-4-6-20(29)7-5-16/h4-13,24-25,36H,14-15H2,1-3H3. The Labute approximate surface area is 220 Å². The number of halogens is 7. The van der Waals surface area contributed by atoms with E-state index in [9.17, 15) is 30.7 Å². The van der Waals surface area contributed by atoms with E-state index in [4.69, 9.17) is 14.2 Å². The van der Waals surface area contributed by atoms with Crippen LogP contribution in [0.15, 0.2) is 60.7 Å². The molecule has 11 heteroatoms. The van der Waals surface area contributed by atoms with E-state index in [1.807, 2.05) is 0 Å². The van der Waals surface area contributed by atoms with Crippen LogP contribution in [0.3, 0.4) is 0 Å². The van der Waals surface area contributed by atoms with E-state index in [2.05, 4.69) is 5.32 Å². The second-order valence-electron chi connectivity index (χ2n) is 9.74. The van der Waals surface area contributed by atoms with Crippen LogP contribution < -0.4 is 10.1 Å². The van der Waals surface area contributed by atoms with Crippen molar-refractivity contribution in [3.05, 3.63) is 94.3 Å². The molecule has 210 valence electrons. The summed E-state index contributed by atoms with van der Waals surface area (Å²) in [5.41, 5.74) is -2.04. The Bertz CT molecular complexity index is 1270. The predicted octanol–water partition coefficient (Wildman–Crippen LogP) is 7.92. The highest BCUT2D eigenvalue weighted by molar-refractivity contribution is 5.54. The first-order valence-corrected chi connectivity index (χ1v) is 11.9. The number of ether oxygens (including phenoxy) is 3. The molecule has 0 saturated heterocycles. The van der Waals surface area contributed by atoms with Gasteiger partial charge in [0, 0.05) is 24.9 Å². The number of fused-ring (bicyclic) bond motifs is 1. The van der Waals surface area contributed by atoms with Gasteiger partial charge in [-0.3, -0.25) is 0 Å². The third kappa shape index (κ3) is 6.65. The molecule has 0 saturated carbocycles. The lowest BCUT2D eigenvalue weighted by Crippen LogP contribution is -2.50. The van der Waals surface area contributed by atoms with E-state index in [1.165, 1.54) is 19.2 Å². The molecule has 1 N–H and O–H groups in total. The SMILES string of the molecule is COC1c2cc(NCc3ccc(F)cc3)ccc2OC(C)(C)C1OCc1cc(C(F)(F)F)cc(C(F)(F)F)c1. The van der Waals surface area contributed by atoms with E-state index in [-0.39, 0.29) is 17.4 Å². The summed E-state index contributed by atoms with van der Waals surface area (Å²) in [5.74, 6) is 0.151. The fourth-order valence-corrected chi connectivity index (χ4v) is 4.48. The molecule has 0 fully saturated rings. The van der Waals surface area contributed by atoms with Crippen LogP contribution in [0.4, 0.5) is 36.4 Å². The van der Waals surface area contributed by atoms with Gasteiger partial charge >= 0.3 is 12.4 Å². The largest absolute Gasteiger partial charge is 0.485 e. The number of hydrogen-bond donors (Lipinski definition) is 1. The molecular formula is C28H26F7NO3. The maximum absolute atomic E-state index is 13.3. The van der Waals surface area contributed by atoms with Gasteiger partial charge in [0.2, 0.25) is 0 Å². The average molecular weight is 558 g/mol. The Morgan fingerprint density at radius 1 is 0.846 bits per heavy atom. The van der Waals surface area contributed by atoms with Crippen molar-refractivity contribution < 1.29 is 44.9 Å². The summed E-state index contributed by atoms with van der Waals surface area (Å²) in [6.45, 7) is 3.25. The van der Waals surface area contributed by atoms with Crippen LogP contribution in [-0.2, 0) is 35.0 Å². The number of methoxy groups -OCH3 is 1. The Morgan fingerprint density at radius 3 is 2.03 bits per heavy atom. The van der Waals surface area contributed by atoms with Crippen LogP contribution in [0.1, 0.15) is 47.8 Å². The van der Waals surface area contributed by atoms with Gasteiger partial charge in [-0.25, -0.2) is 4.39 Å². The molecular weight excluding hydrogens is 531 g/mol. The van der Waals surface area contributed by atoms with Gasteiger partial charge in [0.15, 0.2) is 0 Å². The molecule has 0 amide bonds. The molecule has 4 rings (SSSR count). The highest BCUT2D eigenvalue weighted by Crippen LogP contribution is 2.44. The summed E-state index contributed by atoms with van der Waals surface area (Å²) >= 11 is 0. The Hall–Kier alpha value is -3.31. The second-order valence-corrected chi connectivity index (χ2v) is 9.74. The van der Waals surface area contributed by atoms with E-state index in [0.717, 1.165) is 5.56 Å². The average Bonchev–Trinajstić information content (AvgIpc) is 2.85. The van der Waals surface area contributed by atoms with Crippen molar-refractivity contribution in [2.75, 3.05) is 12.4 Å².